The molecule has 2 rings (SSSR count). The highest BCUT2D eigenvalue weighted by atomic mass is 35.5. The molecule has 2 amide bonds. The van der Waals surface area contributed by atoms with Crippen molar-refractivity contribution in [1.82, 2.24) is 10.2 Å². The Morgan fingerprint density at radius 1 is 1.15 bits per heavy atom. The van der Waals surface area contributed by atoms with Crippen molar-refractivity contribution in [3.8, 4) is 5.75 Å². The van der Waals surface area contributed by atoms with Crippen molar-refractivity contribution in [3.05, 3.63) is 58.1 Å². The predicted molar refractivity (Wildman–Crippen MR) is 135 cm³/mol. The van der Waals surface area contributed by atoms with E-state index in [0.717, 1.165) is 22.5 Å². The molecular weight excluding hydrogens is 501 g/mol. The van der Waals surface area contributed by atoms with Gasteiger partial charge in [-0.05, 0) is 49.2 Å². The number of nitrogens with zero attached hydrogens (tertiary/aromatic N) is 2. The van der Waals surface area contributed by atoms with E-state index in [1.54, 1.807) is 31.2 Å². The van der Waals surface area contributed by atoms with Gasteiger partial charge in [-0.3, -0.25) is 13.9 Å². The van der Waals surface area contributed by atoms with E-state index in [2.05, 4.69) is 5.32 Å². The summed E-state index contributed by atoms with van der Waals surface area (Å²) in [5, 5.41) is 3.17. The highest BCUT2D eigenvalue weighted by Crippen LogP contribution is 2.31. The van der Waals surface area contributed by atoms with Crippen molar-refractivity contribution in [1.29, 1.82) is 0 Å². The molecular formula is C23H29Cl2N3O5S. The van der Waals surface area contributed by atoms with Gasteiger partial charge in [-0.2, -0.15) is 0 Å². The van der Waals surface area contributed by atoms with Gasteiger partial charge in [0.1, 0.15) is 18.3 Å². The van der Waals surface area contributed by atoms with Crippen LogP contribution in [0, 0.1) is 0 Å². The summed E-state index contributed by atoms with van der Waals surface area (Å²) in [7, 11) is -2.38. The molecule has 0 spiro atoms. The molecule has 0 bridgehead atoms. The van der Waals surface area contributed by atoms with Crippen molar-refractivity contribution in [3.63, 3.8) is 0 Å². The van der Waals surface area contributed by atoms with Crippen molar-refractivity contribution in [2.75, 3.05) is 30.8 Å². The summed E-state index contributed by atoms with van der Waals surface area (Å²) in [4.78, 5) is 27.5. The lowest BCUT2D eigenvalue weighted by Gasteiger charge is -2.31. The average Bonchev–Trinajstić information content (AvgIpc) is 2.79. The van der Waals surface area contributed by atoms with Gasteiger partial charge < -0.3 is 15.0 Å². The third kappa shape index (κ3) is 7.51. The van der Waals surface area contributed by atoms with E-state index in [1.165, 1.54) is 30.2 Å². The number of carbonyl (C=O) groups excluding carboxylic acids is 2. The minimum Gasteiger partial charge on any atom is -0.497 e. The van der Waals surface area contributed by atoms with Crippen molar-refractivity contribution in [2.24, 2.45) is 0 Å². The Hall–Kier alpha value is -2.49. The van der Waals surface area contributed by atoms with Crippen LogP contribution in [0.4, 0.5) is 5.69 Å². The number of anilines is 1. The van der Waals surface area contributed by atoms with Gasteiger partial charge in [-0.15, -0.1) is 0 Å². The quantitative estimate of drug-likeness (QED) is 0.478. The number of nitrogens with one attached hydrogen (secondary N) is 1. The number of hydrogen-bond acceptors (Lipinski definition) is 5. The van der Waals surface area contributed by atoms with E-state index >= 15 is 0 Å². The summed E-state index contributed by atoms with van der Waals surface area (Å²) in [6.07, 6.45) is 1.71. The standard InChI is InChI=1S/C23H29Cl2N3O5S/c1-5-11-26-23(30)16(2)27(14-17-7-6-8-19(12-17)33-3)22(29)15-28(34(4,31)32)21-13-18(24)9-10-20(21)25/h6-10,12-13,16H,5,11,14-15H2,1-4H3,(H,26,30). The fourth-order valence-corrected chi connectivity index (χ4v) is 4.51. The van der Waals surface area contributed by atoms with Gasteiger partial charge in [-0.1, -0.05) is 42.3 Å². The van der Waals surface area contributed by atoms with Gasteiger partial charge in [0, 0.05) is 18.1 Å². The van der Waals surface area contributed by atoms with E-state index in [-0.39, 0.29) is 28.2 Å². The Balaban J connectivity index is 2.43. The Morgan fingerprint density at radius 3 is 2.47 bits per heavy atom. The van der Waals surface area contributed by atoms with E-state index in [4.69, 9.17) is 27.9 Å². The molecule has 186 valence electrons. The summed E-state index contributed by atoms with van der Waals surface area (Å²) in [6.45, 7) is 3.48. The molecule has 0 radical (unpaired) electrons. The molecule has 1 atom stereocenters. The number of halogens is 2. The zero-order valence-corrected chi connectivity index (χ0v) is 21.9. The van der Waals surface area contributed by atoms with E-state index in [1.807, 2.05) is 6.92 Å². The molecule has 11 heteroatoms. The SMILES string of the molecule is CCCNC(=O)C(C)N(Cc1cccc(OC)c1)C(=O)CN(c1cc(Cl)ccc1Cl)S(C)(=O)=O. The first kappa shape index (κ1) is 27.8. The zero-order valence-electron chi connectivity index (χ0n) is 19.5. The number of rotatable bonds is 11. The number of hydrogen-bond donors (Lipinski definition) is 1. The van der Waals surface area contributed by atoms with Crippen LogP contribution in [0.1, 0.15) is 25.8 Å². The molecule has 0 aliphatic heterocycles. The maximum atomic E-state index is 13.5. The highest BCUT2D eigenvalue weighted by Gasteiger charge is 2.30. The summed E-state index contributed by atoms with van der Waals surface area (Å²) in [5.74, 6) is -0.329. The fraction of sp³-hybridized carbons (Fsp3) is 0.391. The number of ether oxygens (including phenoxy) is 1. The van der Waals surface area contributed by atoms with Gasteiger partial charge in [0.25, 0.3) is 0 Å². The van der Waals surface area contributed by atoms with Gasteiger partial charge in [0.05, 0.1) is 24.1 Å². The highest BCUT2D eigenvalue weighted by molar-refractivity contribution is 7.92. The van der Waals surface area contributed by atoms with Crippen molar-refractivity contribution < 1.29 is 22.7 Å². The summed E-state index contributed by atoms with van der Waals surface area (Å²) in [6, 6.07) is 10.6. The number of sulfonamides is 1. The predicted octanol–water partition coefficient (Wildman–Crippen LogP) is 3.71. The molecule has 0 fully saturated rings. The first-order valence-electron chi connectivity index (χ1n) is 10.6. The smallest absolute Gasteiger partial charge is 0.244 e. The average molecular weight is 530 g/mol. The van der Waals surface area contributed by atoms with Crippen molar-refractivity contribution in [2.45, 2.75) is 32.9 Å². The molecule has 2 aromatic carbocycles. The van der Waals surface area contributed by atoms with Gasteiger partial charge in [0.2, 0.25) is 21.8 Å². The molecule has 34 heavy (non-hydrogen) atoms. The molecule has 0 heterocycles. The lowest BCUT2D eigenvalue weighted by atomic mass is 10.1. The van der Waals surface area contributed by atoms with Gasteiger partial charge in [0.15, 0.2) is 0 Å². The minimum atomic E-state index is -3.91. The second-order valence-corrected chi connectivity index (χ2v) is 10.5. The largest absolute Gasteiger partial charge is 0.497 e. The summed E-state index contributed by atoms with van der Waals surface area (Å²) < 4.78 is 31.3. The monoisotopic (exact) mass is 529 g/mol. The summed E-state index contributed by atoms with van der Waals surface area (Å²) >= 11 is 12.3. The number of amides is 2. The molecule has 0 saturated carbocycles. The Labute approximate surface area is 210 Å². The van der Waals surface area contributed by atoms with Crippen LogP contribution >= 0.6 is 23.2 Å². The summed E-state index contributed by atoms with van der Waals surface area (Å²) in [5.41, 5.74) is 0.795. The lowest BCUT2D eigenvalue weighted by molar-refractivity contribution is -0.139. The van der Waals surface area contributed by atoms with Crippen LogP contribution < -0.4 is 14.4 Å². The normalized spacial score (nSPS) is 12.1. The van der Waals surface area contributed by atoms with E-state index < -0.39 is 28.5 Å². The van der Waals surface area contributed by atoms with Crippen LogP contribution in [0.5, 0.6) is 5.75 Å². The molecule has 1 N–H and O–H groups in total. The van der Waals surface area contributed by atoms with Crippen LogP contribution in [0.3, 0.4) is 0 Å². The van der Waals surface area contributed by atoms with Gasteiger partial charge in [-0.25, -0.2) is 8.42 Å². The third-order valence-electron chi connectivity index (χ3n) is 5.06. The first-order valence-corrected chi connectivity index (χ1v) is 13.2. The van der Waals surface area contributed by atoms with Crippen LogP contribution in [0.15, 0.2) is 42.5 Å². The molecule has 1 unspecified atom stereocenters. The topological polar surface area (TPSA) is 96.0 Å². The molecule has 2 aromatic rings. The molecule has 8 nitrogen and oxygen atoms in total. The first-order chi connectivity index (χ1) is 16.0. The molecule has 0 saturated heterocycles. The second-order valence-electron chi connectivity index (χ2n) is 7.71. The zero-order chi connectivity index (χ0) is 25.5. The molecule has 0 aromatic heterocycles. The van der Waals surface area contributed by atoms with Crippen LogP contribution in [-0.4, -0.2) is 57.6 Å². The maximum absolute atomic E-state index is 13.5. The van der Waals surface area contributed by atoms with Crippen LogP contribution in [0.25, 0.3) is 0 Å². The number of benzene rings is 2. The Bertz CT molecular complexity index is 1130. The fourth-order valence-electron chi connectivity index (χ4n) is 3.22. The lowest BCUT2D eigenvalue weighted by Crippen LogP contribution is -2.51. The van der Waals surface area contributed by atoms with Crippen LogP contribution in [0.2, 0.25) is 10.0 Å². The molecule has 0 aliphatic rings. The number of methoxy groups -OCH3 is 1. The maximum Gasteiger partial charge on any atom is 0.244 e. The minimum absolute atomic E-state index is 0.0671. The number of carbonyl (C=O) groups is 2. The van der Waals surface area contributed by atoms with E-state index in [9.17, 15) is 18.0 Å². The van der Waals surface area contributed by atoms with Gasteiger partial charge >= 0.3 is 0 Å². The van der Waals surface area contributed by atoms with Crippen molar-refractivity contribution >= 4 is 50.7 Å². The second kappa shape index (κ2) is 12.3. The molecule has 0 aliphatic carbocycles. The Kier molecular flexibility index (Phi) is 10.0. The Morgan fingerprint density at radius 2 is 1.85 bits per heavy atom. The third-order valence-corrected chi connectivity index (χ3v) is 6.74. The van der Waals surface area contributed by atoms with E-state index in [0.29, 0.717) is 12.3 Å². The van der Waals surface area contributed by atoms with Crippen LogP contribution in [-0.2, 0) is 26.2 Å².